The maximum absolute atomic E-state index is 12.9. The molecule has 0 aliphatic heterocycles. The van der Waals surface area contributed by atoms with Crippen molar-refractivity contribution < 1.29 is 28.6 Å². The average Bonchev–Trinajstić information content (AvgIpc) is 3.11. The first-order valence-electron chi connectivity index (χ1n) is 22.2. The predicted octanol–water partition coefficient (Wildman–Crippen LogP) is 12.3. The monoisotopic (exact) mass is 763 g/mol. The third-order valence-electron chi connectivity index (χ3n) is 9.79. The summed E-state index contributed by atoms with van der Waals surface area (Å²) in [7, 11) is 4.20. The minimum atomic E-state index is -0.313. The summed E-state index contributed by atoms with van der Waals surface area (Å²) >= 11 is 0. The first-order chi connectivity index (χ1) is 26.0. The number of nitrogens with zero attached hydrogens (tertiary/aromatic N) is 1. The number of nitrogens with one attached hydrogen (secondary N) is 1. The summed E-state index contributed by atoms with van der Waals surface area (Å²) in [5, 5.41) is 3.04. The normalized spacial score (nSPS) is 12.6. The van der Waals surface area contributed by atoms with Crippen LogP contribution in [0.4, 0.5) is 4.79 Å². The lowest BCUT2D eigenvalue weighted by molar-refractivity contribution is -0.143. The smallest absolute Gasteiger partial charge is 0.407 e. The molecule has 1 unspecified atom stereocenters. The molecule has 0 saturated carbocycles. The highest BCUT2D eigenvalue weighted by atomic mass is 16.6. The van der Waals surface area contributed by atoms with Crippen LogP contribution in [0.2, 0.25) is 0 Å². The van der Waals surface area contributed by atoms with Gasteiger partial charge in [0.25, 0.3) is 0 Å². The van der Waals surface area contributed by atoms with Gasteiger partial charge in [0.15, 0.2) is 0 Å². The summed E-state index contributed by atoms with van der Waals surface area (Å²) in [6, 6.07) is 0. The third-order valence-corrected chi connectivity index (χ3v) is 9.79. The van der Waals surface area contributed by atoms with Crippen LogP contribution >= 0.6 is 0 Å². The molecule has 1 N–H and O–H groups in total. The number of ether oxygens (including phenoxy) is 3. The van der Waals surface area contributed by atoms with Crippen LogP contribution in [0, 0.1) is 11.3 Å². The van der Waals surface area contributed by atoms with E-state index < -0.39 is 0 Å². The van der Waals surface area contributed by atoms with Gasteiger partial charge in [-0.15, -0.1) is 0 Å². The molecule has 0 heterocycles. The highest BCUT2D eigenvalue weighted by Gasteiger charge is 2.23. The van der Waals surface area contributed by atoms with Gasteiger partial charge in [0.05, 0.1) is 0 Å². The number of amides is 1. The van der Waals surface area contributed by atoms with Crippen molar-refractivity contribution in [3.8, 4) is 0 Å². The number of allylic oxidation sites excluding steroid dienone is 2. The molecule has 0 aliphatic rings. The van der Waals surface area contributed by atoms with Gasteiger partial charge in [-0.05, 0) is 96.1 Å². The Kier molecular flexibility index (Phi) is 34.7. The van der Waals surface area contributed by atoms with E-state index >= 15 is 0 Å². The van der Waals surface area contributed by atoms with Crippen LogP contribution in [0.5, 0.6) is 0 Å². The van der Waals surface area contributed by atoms with Crippen molar-refractivity contribution in [1.29, 1.82) is 0 Å². The zero-order valence-electron chi connectivity index (χ0n) is 36.4. The molecular weight excluding hydrogens is 677 g/mol. The van der Waals surface area contributed by atoms with Crippen molar-refractivity contribution >= 4 is 18.0 Å². The summed E-state index contributed by atoms with van der Waals surface area (Å²) in [5.74, 6) is 0.128. The number of hydrogen-bond acceptors (Lipinski definition) is 7. The molecular formula is C46H86N2O6. The van der Waals surface area contributed by atoms with E-state index in [0.717, 1.165) is 103 Å². The van der Waals surface area contributed by atoms with E-state index in [1.807, 2.05) is 12.2 Å². The number of hydrogen-bond donors (Lipinski definition) is 1. The van der Waals surface area contributed by atoms with Gasteiger partial charge in [-0.1, -0.05) is 136 Å². The molecule has 0 rings (SSSR count). The van der Waals surface area contributed by atoms with Crippen LogP contribution in [0.3, 0.4) is 0 Å². The number of alkyl carbamates (subject to hydrolysis) is 1. The van der Waals surface area contributed by atoms with Gasteiger partial charge in [0.1, 0.15) is 19.3 Å². The highest BCUT2D eigenvalue weighted by molar-refractivity contribution is 5.69. The molecule has 0 fully saturated rings. The molecule has 1 atom stereocenters. The first kappa shape index (κ1) is 51.6. The number of carbonyl (C=O) groups is 3. The van der Waals surface area contributed by atoms with Crippen molar-refractivity contribution in [2.24, 2.45) is 11.3 Å². The molecule has 0 radical (unpaired) electrons. The van der Waals surface area contributed by atoms with Crippen molar-refractivity contribution in [2.75, 3.05) is 40.4 Å². The number of rotatable bonds is 37. The summed E-state index contributed by atoms with van der Waals surface area (Å²) in [5.41, 5.74) is 0.173. The molecule has 1 amide bonds. The Balaban J connectivity index is 4.46. The van der Waals surface area contributed by atoms with Gasteiger partial charge in [-0.2, -0.15) is 0 Å². The minimum absolute atomic E-state index is 0.102. The zero-order valence-corrected chi connectivity index (χ0v) is 36.4. The maximum Gasteiger partial charge on any atom is 0.407 e. The molecule has 316 valence electrons. The number of esters is 2. The van der Waals surface area contributed by atoms with Gasteiger partial charge < -0.3 is 24.4 Å². The number of carbonyl (C=O) groups excluding carboxylic acids is 3. The highest BCUT2D eigenvalue weighted by Crippen LogP contribution is 2.26. The summed E-state index contributed by atoms with van der Waals surface area (Å²) in [6.45, 7) is 13.5. The second kappa shape index (κ2) is 36.3. The van der Waals surface area contributed by atoms with Gasteiger partial charge in [-0.3, -0.25) is 9.59 Å². The summed E-state index contributed by atoms with van der Waals surface area (Å²) in [4.78, 5) is 39.2. The Bertz CT molecular complexity index is 911. The largest absolute Gasteiger partial charge is 0.461 e. The first-order valence-corrected chi connectivity index (χ1v) is 22.2. The fourth-order valence-corrected chi connectivity index (χ4v) is 7.17. The number of unbranched alkanes of at least 4 members (excludes halogenated alkanes) is 16. The Morgan fingerprint density at radius 3 is 1.54 bits per heavy atom. The summed E-state index contributed by atoms with van der Waals surface area (Å²) in [6.07, 6.45) is 33.4. The topological polar surface area (TPSA) is 94.2 Å². The zero-order chi connectivity index (χ0) is 40.1. The predicted molar refractivity (Wildman–Crippen MR) is 227 cm³/mol. The van der Waals surface area contributed by atoms with Crippen LogP contribution < -0.4 is 5.32 Å². The molecule has 0 aliphatic carbocycles. The van der Waals surface area contributed by atoms with E-state index in [4.69, 9.17) is 14.2 Å². The molecule has 0 aromatic rings. The quantitative estimate of drug-likeness (QED) is 0.0291. The lowest BCUT2D eigenvalue weighted by Crippen LogP contribution is -2.35. The van der Waals surface area contributed by atoms with Gasteiger partial charge >= 0.3 is 18.0 Å². The Morgan fingerprint density at radius 1 is 0.630 bits per heavy atom. The summed E-state index contributed by atoms with van der Waals surface area (Å²) < 4.78 is 16.7. The van der Waals surface area contributed by atoms with E-state index in [2.05, 4.69) is 71.1 Å². The molecule has 8 nitrogen and oxygen atoms in total. The van der Waals surface area contributed by atoms with Gasteiger partial charge in [-0.25, -0.2) is 4.79 Å². The van der Waals surface area contributed by atoms with E-state index in [1.165, 1.54) is 51.4 Å². The Labute approximate surface area is 333 Å². The second-order valence-electron chi connectivity index (χ2n) is 16.7. The van der Waals surface area contributed by atoms with Crippen molar-refractivity contribution in [3.63, 3.8) is 0 Å². The van der Waals surface area contributed by atoms with E-state index in [1.54, 1.807) is 0 Å². The molecule has 54 heavy (non-hydrogen) atoms. The van der Waals surface area contributed by atoms with E-state index in [-0.39, 0.29) is 29.6 Å². The fourth-order valence-electron chi connectivity index (χ4n) is 7.17. The third kappa shape index (κ3) is 36.6. The molecule has 0 aromatic heterocycles. The molecule has 8 heteroatoms. The lowest BCUT2D eigenvalue weighted by Gasteiger charge is -2.31. The van der Waals surface area contributed by atoms with Crippen molar-refractivity contribution in [1.82, 2.24) is 10.2 Å². The van der Waals surface area contributed by atoms with E-state index in [9.17, 15) is 14.4 Å². The van der Waals surface area contributed by atoms with E-state index in [0.29, 0.717) is 38.5 Å². The standard InChI is InChI=1S/C46H86N2O6/c1-8-10-12-14-16-24-30-36-52-43(49)34-28-22-18-20-26-32-42(54-45(51)47-39-41(3)38-46(4,5)40-48(6)7)33-27-21-19-23-29-35-44(50)53-37-31-25-17-15-13-11-9-2/h24-25,30-31,41-42H,8-23,26-29,32-40H2,1-7H3,(H,47,51)/b30-24-,31-25-. The molecule has 0 aromatic carbocycles. The van der Waals surface area contributed by atoms with Gasteiger partial charge in [0.2, 0.25) is 0 Å². The van der Waals surface area contributed by atoms with Crippen LogP contribution in [0.25, 0.3) is 0 Å². The van der Waals surface area contributed by atoms with Crippen molar-refractivity contribution in [3.05, 3.63) is 24.3 Å². The Hall–Kier alpha value is -2.35. The van der Waals surface area contributed by atoms with Gasteiger partial charge in [0, 0.05) is 25.9 Å². The molecule has 0 saturated heterocycles. The molecule has 0 bridgehead atoms. The lowest BCUT2D eigenvalue weighted by atomic mass is 9.83. The second-order valence-corrected chi connectivity index (χ2v) is 16.7. The fraction of sp³-hybridized carbons (Fsp3) is 0.848. The van der Waals surface area contributed by atoms with Crippen LogP contribution in [-0.2, 0) is 23.8 Å². The van der Waals surface area contributed by atoms with Crippen LogP contribution in [0.1, 0.15) is 195 Å². The molecule has 0 spiro atoms. The Morgan fingerprint density at radius 2 is 1.07 bits per heavy atom. The SMILES string of the molecule is CCCCCC/C=C\COC(=O)CCCCCCCC(CCCCCCCC(=O)OC/C=C\CCCCCC)OC(=O)NCC(C)CC(C)(C)CN(C)C. The maximum atomic E-state index is 12.9. The average molecular weight is 763 g/mol. The van der Waals surface area contributed by atoms with Crippen molar-refractivity contribution in [2.45, 2.75) is 201 Å². The van der Waals surface area contributed by atoms with Crippen LogP contribution in [-0.4, -0.2) is 69.4 Å². The minimum Gasteiger partial charge on any atom is -0.461 e. The van der Waals surface area contributed by atoms with Crippen LogP contribution in [0.15, 0.2) is 24.3 Å².